The molecule has 2 fully saturated rings. The fraction of sp³-hybridized carbons (Fsp3) is 0.938. The van der Waals surface area contributed by atoms with E-state index in [1.807, 2.05) is 0 Å². The minimum Gasteiger partial charge on any atom is -0.355 e. The second kappa shape index (κ2) is 6.74. The number of rotatable bonds is 4. The van der Waals surface area contributed by atoms with Gasteiger partial charge in [0.05, 0.1) is 5.41 Å². The average molecular weight is 266 g/mol. The Morgan fingerprint density at radius 2 is 2.05 bits per heavy atom. The number of carbonyl (C=O) groups is 1. The second-order valence-electron chi connectivity index (χ2n) is 6.75. The highest BCUT2D eigenvalue weighted by Crippen LogP contribution is 2.31. The predicted octanol–water partition coefficient (Wildman–Crippen LogP) is 2.71. The van der Waals surface area contributed by atoms with Crippen LogP contribution in [-0.4, -0.2) is 25.5 Å². The van der Waals surface area contributed by atoms with Crippen LogP contribution in [0.2, 0.25) is 0 Å². The van der Waals surface area contributed by atoms with E-state index < -0.39 is 0 Å². The Bertz CT molecular complexity index is 289. The van der Waals surface area contributed by atoms with Crippen molar-refractivity contribution < 1.29 is 4.79 Å². The normalized spacial score (nSPS) is 35.9. The van der Waals surface area contributed by atoms with Gasteiger partial charge in [-0.2, -0.15) is 0 Å². The zero-order valence-corrected chi connectivity index (χ0v) is 12.6. The van der Waals surface area contributed by atoms with Crippen LogP contribution in [0.5, 0.6) is 0 Å². The van der Waals surface area contributed by atoms with Crippen molar-refractivity contribution in [3.63, 3.8) is 0 Å². The van der Waals surface area contributed by atoms with Gasteiger partial charge in [0.15, 0.2) is 0 Å². The lowest BCUT2D eigenvalue weighted by Gasteiger charge is -2.36. The van der Waals surface area contributed by atoms with Gasteiger partial charge in [-0.1, -0.05) is 26.7 Å². The molecule has 0 aromatic rings. The summed E-state index contributed by atoms with van der Waals surface area (Å²) < 4.78 is 0. The first-order valence-electron chi connectivity index (χ1n) is 8.15. The molecular weight excluding hydrogens is 236 g/mol. The Balaban J connectivity index is 1.79. The van der Waals surface area contributed by atoms with Crippen LogP contribution in [0.25, 0.3) is 0 Å². The molecule has 1 atom stereocenters. The zero-order valence-electron chi connectivity index (χ0n) is 12.6. The molecule has 0 radical (unpaired) electrons. The molecule has 0 bridgehead atoms. The molecule has 110 valence electrons. The van der Waals surface area contributed by atoms with Crippen LogP contribution in [0, 0.1) is 17.3 Å². The van der Waals surface area contributed by atoms with E-state index in [-0.39, 0.29) is 5.41 Å². The maximum Gasteiger partial charge on any atom is 0.227 e. The maximum absolute atomic E-state index is 12.5. The lowest BCUT2D eigenvalue weighted by molar-refractivity contribution is -0.132. The zero-order chi connectivity index (χ0) is 13.7. The largest absolute Gasteiger partial charge is 0.355 e. The lowest BCUT2D eigenvalue weighted by Crippen LogP contribution is -2.51. The first-order valence-corrected chi connectivity index (χ1v) is 8.15. The van der Waals surface area contributed by atoms with Crippen LogP contribution in [0.15, 0.2) is 0 Å². The number of nitrogens with one attached hydrogen (secondary N) is 2. The van der Waals surface area contributed by atoms with E-state index in [9.17, 15) is 4.79 Å². The van der Waals surface area contributed by atoms with Gasteiger partial charge >= 0.3 is 0 Å². The van der Waals surface area contributed by atoms with Crippen molar-refractivity contribution in [3.05, 3.63) is 0 Å². The van der Waals surface area contributed by atoms with Crippen LogP contribution in [-0.2, 0) is 4.79 Å². The fourth-order valence-electron chi connectivity index (χ4n) is 3.58. The third kappa shape index (κ3) is 3.71. The summed E-state index contributed by atoms with van der Waals surface area (Å²) in [5.74, 6) is 1.89. The Morgan fingerprint density at radius 1 is 1.32 bits per heavy atom. The van der Waals surface area contributed by atoms with Gasteiger partial charge in [-0.3, -0.25) is 4.79 Å². The molecule has 1 amide bonds. The third-order valence-electron chi connectivity index (χ3n) is 5.32. The molecule has 2 N–H and O–H groups in total. The van der Waals surface area contributed by atoms with Crippen LogP contribution >= 0.6 is 0 Å². The number of amides is 1. The Labute approximate surface area is 117 Å². The predicted molar refractivity (Wildman–Crippen MR) is 79.0 cm³/mol. The molecule has 1 saturated heterocycles. The molecule has 2 rings (SSSR count). The van der Waals surface area contributed by atoms with E-state index in [1.165, 1.54) is 25.7 Å². The minimum atomic E-state index is -0.139. The molecular formula is C16H30N2O. The maximum atomic E-state index is 12.5. The molecule has 1 unspecified atom stereocenters. The van der Waals surface area contributed by atoms with E-state index in [0.29, 0.717) is 11.8 Å². The van der Waals surface area contributed by atoms with E-state index in [0.717, 1.165) is 44.8 Å². The van der Waals surface area contributed by atoms with Crippen molar-refractivity contribution in [3.8, 4) is 0 Å². The minimum absolute atomic E-state index is 0.139. The van der Waals surface area contributed by atoms with Crippen LogP contribution in [0.4, 0.5) is 0 Å². The summed E-state index contributed by atoms with van der Waals surface area (Å²) >= 11 is 0. The topological polar surface area (TPSA) is 41.1 Å². The summed E-state index contributed by atoms with van der Waals surface area (Å²) in [4.78, 5) is 12.5. The van der Waals surface area contributed by atoms with Crippen LogP contribution in [0.1, 0.15) is 58.8 Å². The third-order valence-corrected chi connectivity index (χ3v) is 5.32. The van der Waals surface area contributed by atoms with Gasteiger partial charge < -0.3 is 10.6 Å². The molecule has 0 spiro atoms. The van der Waals surface area contributed by atoms with E-state index in [4.69, 9.17) is 0 Å². The monoisotopic (exact) mass is 266 g/mol. The Hall–Kier alpha value is -0.570. The van der Waals surface area contributed by atoms with Crippen molar-refractivity contribution in [2.45, 2.75) is 58.8 Å². The first kappa shape index (κ1) is 14.8. The van der Waals surface area contributed by atoms with Crippen molar-refractivity contribution in [1.82, 2.24) is 10.6 Å². The van der Waals surface area contributed by atoms with E-state index in [1.54, 1.807) is 0 Å². The number of carbonyl (C=O) groups excluding carboxylic acids is 1. The quantitative estimate of drug-likeness (QED) is 0.821. The summed E-state index contributed by atoms with van der Waals surface area (Å²) in [7, 11) is 0. The summed E-state index contributed by atoms with van der Waals surface area (Å²) in [5.41, 5.74) is -0.139. The molecule has 3 heteroatoms. The average Bonchev–Trinajstić information content (AvgIpc) is 2.47. The molecule has 1 aliphatic heterocycles. The van der Waals surface area contributed by atoms with Gasteiger partial charge in [-0.25, -0.2) is 0 Å². The van der Waals surface area contributed by atoms with E-state index in [2.05, 4.69) is 24.5 Å². The van der Waals surface area contributed by atoms with Gasteiger partial charge in [0, 0.05) is 13.1 Å². The molecule has 3 nitrogen and oxygen atoms in total. The summed E-state index contributed by atoms with van der Waals surface area (Å²) in [6.45, 7) is 7.31. The summed E-state index contributed by atoms with van der Waals surface area (Å²) in [5, 5.41) is 6.64. The Kier molecular flexibility index (Phi) is 5.26. The fourth-order valence-corrected chi connectivity index (χ4v) is 3.58. The molecule has 0 aromatic carbocycles. The lowest BCUT2D eigenvalue weighted by atomic mass is 9.77. The second-order valence-corrected chi connectivity index (χ2v) is 6.75. The molecule has 19 heavy (non-hydrogen) atoms. The van der Waals surface area contributed by atoms with Crippen molar-refractivity contribution in [1.29, 1.82) is 0 Å². The van der Waals surface area contributed by atoms with Gasteiger partial charge in [0.25, 0.3) is 0 Å². The van der Waals surface area contributed by atoms with Crippen LogP contribution < -0.4 is 10.6 Å². The smallest absolute Gasteiger partial charge is 0.227 e. The first-order chi connectivity index (χ1) is 9.16. The number of hydrogen-bond acceptors (Lipinski definition) is 2. The SMILES string of the molecule is CCC1(C(=O)NCC2CCC(C)CC2)CCCNC1. The standard InChI is InChI=1S/C16H30N2O/c1-3-16(9-4-10-17-12-16)15(19)18-11-14-7-5-13(2)6-8-14/h13-14,17H,3-12H2,1-2H3,(H,18,19). The number of hydrogen-bond donors (Lipinski definition) is 2. The van der Waals surface area contributed by atoms with Gasteiger partial charge in [-0.15, -0.1) is 0 Å². The van der Waals surface area contributed by atoms with Crippen molar-refractivity contribution in [2.75, 3.05) is 19.6 Å². The highest BCUT2D eigenvalue weighted by molar-refractivity contribution is 5.83. The molecule has 1 heterocycles. The molecule has 0 aromatic heterocycles. The van der Waals surface area contributed by atoms with Crippen molar-refractivity contribution >= 4 is 5.91 Å². The summed E-state index contributed by atoms with van der Waals surface area (Å²) in [6.07, 6.45) is 8.37. The van der Waals surface area contributed by atoms with Crippen LogP contribution in [0.3, 0.4) is 0 Å². The van der Waals surface area contributed by atoms with E-state index >= 15 is 0 Å². The summed E-state index contributed by atoms with van der Waals surface area (Å²) in [6, 6.07) is 0. The van der Waals surface area contributed by atoms with Gasteiger partial charge in [-0.05, 0) is 50.5 Å². The van der Waals surface area contributed by atoms with Crippen molar-refractivity contribution in [2.24, 2.45) is 17.3 Å². The molecule has 2 aliphatic rings. The number of piperidine rings is 1. The van der Waals surface area contributed by atoms with Gasteiger partial charge in [0.1, 0.15) is 0 Å². The Morgan fingerprint density at radius 3 is 2.63 bits per heavy atom. The highest BCUT2D eigenvalue weighted by Gasteiger charge is 2.37. The molecule has 1 aliphatic carbocycles. The molecule has 1 saturated carbocycles. The highest BCUT2D eigenvalue weighted by atomic mass is 16.2. The van der Waals surface area contributed by atoms with Gasteiger partial charge in [0.2, 0.25) is 5.91 Å².